The second kappa shape index (κ2) is 8.71. The van der Waals surface area contributed by atoms with Gasteiger partial charge in [-0.1, -0.05) is 12.1 Å². The smallest absolute Gasteiger partial charge is 0.194 e. The molecule has 2 aromatic rings. The van der Waals surface area contributed by atoms with E-state index in [0.717, 1.165) is 42.4 Å². The Morgan fingerprint density at radius 2 is 1.21 bits per heavy atom. The van der Waals surface area contributed by atoms with Crippen LogP contribution in [0.15, 0.2) is 30.3 Å². The van der Waals surface area contributed by atoms with Crippen LogP contribution in [0.5, 0.6) is 0 Å². The zero-order valence-corrected chi connectivity index (χ0v) is 17.2. The Labute approximate surface area is 175 Å². The third-order valence-corrected chi connectivity index (χ3v) is 7.46. The minimum Gasteiger partial charge on any atom is -0.206 e. The summed E-state index contributed by atoms with van der Waals surface area (Å²) in [6.07, 6.45) is 9.41. The van der Waals surface area contributed by atoms with Crippen molar-refractivity contribution in [2.75, 3.05) is 0 Å². The van der Waals surface area contributed by atoms with Gasteiger partial charge < -0.3 is 0 Å². The van der Waals surface area contributed by atoms with Crippen molar-refractivity contribution in [2.24, 2.45) is 11.8 Å². The predicted octanol–water partition coefficient (Wildman–Crippen LogP) is 7.67. The highest BCUT2D eigenvalue weighted by Crippen LogP contribution is 2.44. The number of hydrogen-bond donors (Lipinski definition) is 1. The monoisotopic (exact) mass is 422 g/mol. The van der Waals surface area contributed by atoms with Crippen molar-refractivity contribution in [3.05, 3.63) is 59.2 Å². The van der Waals surface area contributed by atoms with E-state index >= 15 is 0 Å². The average molecular weight is 423 g/mol. The molecule has 29 heavy (non-hydrogen) atoms. The maximum atomic E-state index is 14.7. The topological polar surface area (TPSA) is 0 Å². The molecule has 0 atom stereocenters. The molecule has 0 bridgehead atoms. The van der Waals surface area contributed by atoms with Crippen LogP contribution < -0.4 is 0 Å². The molecule has 156 valence electrons. The molecule has 0 nitrogen and oxygen atoms in total. The molecule has 0 N–H and O–H groups in total. The Bertz CT molecular complexity index is 842. The molecule has 5 heteroatoms. The molecule has 0 amide bonds. The van der Waals surface area contributed by atoms with E-state index in [-0.39, 0.29) is 11.1 Å². The Hall–Kier alpha value is -1.49. The summed E-state index contributed by atoms with van der Waals surface area (Å²) >= 11 is 4.59. The van der Waals surface area contributed by atoms with Crippen LogP contribution in [0.2, 0.25) is 0 Å². The molecule has 0 radical (unpaired) electrons. The SMILES string of the molecule is Fc1cc(C2CCC(C3CCC(S)CC3)CC2)ccc1-c1cc(F)c(F)c(F)c1. The van der Waals surface area contributed by atoms with Gasteiger partial charge in [-0.15, -0.1) is 0 Å². The lowest BCUT2D eigenvalue weighted by Crippen LogP contribution is -2.25. The lowest BCUT2D eigenvalue weighted by molar-refractivity contribution is 0.188. The first-order valence-corrected chi connectivity index (χ1v) is 11.1. The summed E-state index contributed by atoms with van der Waals surface area (Å²) in [5.74, 6) is -2.80. The average Bonchev–Trinajstić information content (AvgIpc) is 2.72. The summed E-state index contributed by atoms with van der Waals surface area (Å²) in [7, 11) is 0. The van der Waals surface area contributed by atoms with E-state index in [0.29, 0.717) is 11.2 Å². The molecule has 0 saturated heterocycles. The Balaban J connectivity index is 1.44. The quantitative estimate of drug-likeness (QED) is 0.293. The normalized spacial score (nSPS) is 27.8. The van der Waals surface area contributed by atoms with Crippen molar-refractivity contribution in [1.82, 2.24) is 0 Å². The van der Waals surface area contributed by atoms with E-state index in [2.05, 4.69) is 12.6 Å². The van der Waals surface area contributed by atoms with Crippen LogP contribution in [0.25, 0.3) is 11.1 Å². The third-order valence-electron chi connectivity index (χ3n) is 6.94. The van der Waals surface area contributed by atoms with E-state index in [1.807, 2.05) is 6.07 Å². The van der Waals surface area contributed by atoms with E-state index in [9.17, 15) is 17.6 Å². The summed E-state index contributed by atoms with van der Waals surface area (Å²) < 4.78 is 54.9. The van der Waals surface area contributed by atoms with Gasteiger partial charge in [0.15, 0.2) is 17.5 Å². The number of halogens is 4. The van der Waals surface area contributed by atoms with Gasteiger partial charge in [0.05, 0.1) is 0 Å². The summed E-state index contributed by atoms with van der Waals surface area (Å²) in [4.78, 5) is 0. The summed E-state index contributed by atoms with van der Waals surface area (Å²) in [5.41, 5.74) is 1.03. The molecule has 2 aliphatic carbocycles. The van der Waals surface area contributed by atoms with Gasteiger partial charge >= 0.3 is 0 Å². The van der Waals surface area contributed by atoms with Crippen molar-refractivity contribution in [1.29, 1.82) is 0 Å². The van der Waals surface area contributed by atoms with Crippen LogP contribution in [0.3, 0.4) is 0 Å². The number of hydrogen-bond acceptors (Lipinski definition) is 1. The van der Waals surface area contributed by atoms with Crippen LogP contribution in [-0.4, -0.2) is 5.25 Å². The summed E-state index contributed by atoms with van der Waals surface area (Å²) in [6, 6.07) is 6.54. The van der Waals surface area contributed by atoms with Crippen LogP contribution in [0.4, 0.5) is 17.6 Å². The van der Waals surface area contributed by atoms with Gasteiger partial charge in [0.25, 0.3) is 0 Å². The molecule has 0 spiro atoms. The Morgan fingerprint density at radius 3 is 1.76 bits per heavy atom. The van der Waals surface area contributed by atoms with Crippen molar-refractivity contribution < 1.29 is 17.6 Å². The molecule has 0 aromatic heterocycles. The molecule has 0 unspecified atom stereocenters. The first-order chi connectivity index (χ1) is 13.9. The van der Waals surface area contributed by atoms with Crippen LogP contribution in [0, 0.1) is 35.1 Å². The Morgan fingerprint density at radius 1 is 0.655 bits per heavy atom. The van der Waals surface area contributed by atoms with Crippen molar-refractivity contribution >= 4 is 12.6 Å². The third kappa shape index (κ3) is 4.50. The highest BCUT2D eigenvalue weighted by atomic mass is 32.1. The molecule has 2 aromatic carbocycles. The Kier molecular flexibility index (Phi) is 6.24. The number of benzene rings is 2. The maximum Gasteiger partial charge on any atom is 0.194 e. The van der Waals surface area contributed by atoms with Gasteiger partial charge in [0, 0.05) is 10.8 Å². The fourth-order valence-electron chi connectivity index (χ4n) is 5.23. The summed E-state index contributed by atoms with van der Waals surface area (Å²) in [6.45, 7) is 0. The van der Waals surface area contributed by atoms with Crippen molar-refractivity contribution in [2.45, 2.75) is 62.5 Å². The summed E-state index contributed by atoms with van der Waals surface area (Å²) in [5, 5.41) is 0.562. The lowest BCUT2D eigenvalue weighted by atomic mass is 9.70. The van der Waals surface area contributed by atoms with Gasteiger partial charge in [-0.3, -0.25) is 0 Å². The molecular formula is C24H26F4S. The zero-order chi connectivity index (χ0) is 20.5. The van der Waals surface area contributed by atoms with E-state index in [4.69, 9.17) is 0 Å². The first kappa shape index (κ1) is 20.8. The minimum absolute atomic E-state index is 0.00829. The first-order valence-electron chi connectivity index (χ1n) is 10.5. The van der Waals surface area contributed by atoms with Crippen molar-refractivity contribution in [3.8, 4) is 11.1 Å². The fourth-order valence-corrected chi connectivity index (χ4v) is 5.53. The van der Waals surface area contributed by atoms with Gasteiger partial charge in [-0.05, 0) is 98.4 Å². The van der Waals surface area contributed by atoms with Gasteiger partial charge in [-0.25, -0.2) is 17.6 Å². The highest BCUT2D eigenvalue weighted by Gasteiger charge is 2.30. The van der Waals surface area contributed by atoms with E-state index < -0.39 is 23.3 Å². The second-order valence-electron chi connectivity index (χ2n) is 8.67. The molecule has 0 heterocycles. The maximum absolute atomic E-state index is 14.7. The lowest BCUT2D eigenvalue weighted by Gasteiger charge is -2.37. The zero-order valence-electron chi connectivity index (χ0n) is 16.3. The van der Waals surface area contributed by atoms with Gasteiger partial charge in [-0.2, -0.15) is 12.6 Å². The largest absolute Gasteiger partial charge is 0.206 e. The van der Waals surface area contributed by atoms with E-state index in [1.54, 1.807) is 6.07 Å². The van der Waals surface area contributed by atoms with Gasteiger partial charge in [0.2, 0.25) is 0 Å². The molecular weight excluding hydrogens is 396 g/mol. The standard InChI is InChI=1S/C24H26F4S/c25-21-11-17(7-10-20(21)18-12-22(26)24(28)23(27)13-18)16-3-1-14(2-4-16)15-5-8-19(29)9-6-15/h7,10-16,19,29H,1-6,8-9H2. The van der Waals surface area contributed by atoms with Crippen LogP contribution >= 0.6 is 12.6 Å². The molecule has 2 aliphatic rings. The van der Waals surface area contributed by atoms with Crippen molar-refractivity contribution in [3.63, 3.8) is 0 Å². The second-order valence-corrected chi connectivity index (χ2v) is 9.40. The molecule has 0 aliphatic heterocycles. The van der Waals surface area contributed by atoms with Crippen LogP contribution in [0.1, 0.15) is 62.8 Å². The fraction of sp³-hybridized carbons (Fsp3) is 0.500. The molecule has 4 rings (SSSR count). The molecule has 2 fully saturated rings. The van der Waals surface area contributed by atoms with E-state index in [1.165, 1.54) is 44.6 Å². The van der Waals surface area contributed by atoms with Gasteiger partial charge in [0.1, 0.15) is 5.82 Å². The highest BCUT2D eigenvalue weighted by molar-refractivity contribution is 7.80. The predicted molar refractivity (Wildman–Crippen MR) is 111 cm³/mol. The number of thiol groups is 1. The van der Waals surface area contributed by atoms with Crippen LogP contribution in [-0.2, 0) is 0 Å². The minimum atomic E-state index is -1.54. The number of rotatable bonds is 3. The molecule has 2 saturated carbocycles.